The van der Waals surface area contributed by atoms with Crippen LogP contribution in [0.4, 0.5) is 11.4 Å². The molecule has 142 valence electrons. The van der Waals surface area contributed by atoms with Crippen molar-refractivity contribution in [2.75, 3.05) is 36.0 Å². The van der Waals surface area contributed by atoms with Crippen molar-refractivity contribution in [2.24, 2.45) is 10.4 Å². The van der Waals surface area contributed by atoms with Gasteiger partial charge in [-0.05, 0) is 37.5 Å². The number of aliphatic imine (C=N–C) groups is 1. The second kappa shape index (κ2) is 9.81. The van der Waals surface area contributed by atoms with E-state index in [2.05, 4.69) is 68.3 Å². The zero-order valence-electron chi connectivity index (χ0n) is 16.2. The van der Waals surface area contributed by atoms with E-state index >= 15 is 0 Å². The number of hydrogen-bond acceptors (Lipinski definition) is 5. The van der Waals surface area contributed by atoms with E-state index < -0.39 is 0 Å². The van der Waals surface area contributed by atoms with E-state index in [-0.39, 0.29) is 5.41 Å². The van der Waals surface area contributed by atoms with Gasteiger partial charge in [0, 0.05) is 36.8 Å². The van der Waals surface area contributed by atoms with Gasteiger partial charge >= 0.3 is 0 Å². The highest BCUT2D eigenvalue weighted by molar-refractivity contribution is 8.23. The Labute approximate surface area is 172 Å². The molecule has 1 heterocycles. The predicted octanol–water partition coefficient (Wildman–Crippen LogP) is 5.80. The second-order valence-corrected chi connectivity index (χ2v) is 9.59. The zero-order chi connectivity index (χ0) is 19.2. The highest BCUT2D eigenvalue weighted by atomic mass is 32.2. The number of amidine groups is 1. The standard InChI is InChI=1S/C20H29N3S3/c1-6-12-25-19(24)23-14-20(4,5)15-26-18(23)21-16-10-9-11-17(13-16)22(7-2)8-3/h6,9-11,13H,1,7-8,12,14-15H2,2-5H3. The average Bonchev–Trinajstić information content (AvgIpc) is 2.62. The molecule has 6 heteroatoms. The van der Waals surface area contributed by atoms with Gasteiger partial charge in [-0.3, -0.25) is 0 Å². The molecule has 26 heavy (non-hydrogen) atoms. The molecule has 1 aliphatic rings. The van der Waals surface area contributed by atoms with Gasteiger partial charge < -0.3 is 9.80 Å². The van der Waals surface area contributed by atoms with Gasteiger partial charge in [0.15, 0.2) is 5.17 Å². The molecule has 0 bridgehead atoms. The molecule has 0 aromatic heterocycles. The maximum Gasteiger partial charge on any atom is 0.169 e. The fourth-order valence-electron chi connectivity index (χ4n) is 2.78. The van der Waals surface area contributed by atoms with Crippen molar-refractivity contribution in [3.8, 4) is 0 Å². The topological polar surface area (TPSA) is 18.8 Å². The molecule has 3 nitrogen and oxygen atoms in total. The van der Waals surface area contributed by atoms with Crippen LogP contribution in [-0.2, 0) is 0 Å². The summed E-state index contributed by atoms with van der Waals surface area (Å²) in [6.07, 6.45) is 1.89. The fourth-order valence-corrected chi connectivity index (χ4v) is 4.91. The number of thioether (sulfide) groups is 2. The Morgan fingerprint density at radius 3 is 2.81 bits per heavy atom. The van der Waals surface area contributed by atoms with Crippen LogP contribution < -0.4 is 4.90 Å². The van der Waals surface area contributed by atoms with E-state index in [0.717, 1.165) is 46.3 Å². The minimum absolute atomic E-state index is 0.214. The first-order chi connectivity index (χ1) is 12.4. The summed E-state index contributed by atoms with van der Waals surface area (Å²) < 4.78 is 0.879. The summed E-state index contributed by atoms with van der Waals surface area (Å²) in [7, 11) is 0. The first-order valence-electron chi connectivity index (χ1n) is 9.02. The van der Waals surface area contributed by atoms with Crippen LogP contribution in [0.1, 0.15) is 27.7 Å². The van der Waals surface area contributed by atoms with Crippen molar-refractivity contribution < 1.29 is 0 Å². The summed E-state index contributed by atoms with van der Waals surface area (Å²) in [5, 5.41) is 1.00. The quantitative estimate of drug-likeness (QED) is 0.437. The van der Waals surface area contributed by atoms with Gasteiger partial charge in [0.1, 0.15) is 4.32 Å². The molecule has 0 amide bonds. The molecule has 1 aromatic rings. The largest absolute Gasteiger partial charge is 0.372 e. The lowest BCUT2D eigenvalue weighted by atomic mass is 9.96. The molecule has 1 aliphatic heterocycles. The third-order valence-electron chi connectivity index (χ3n) is 4.14. The molecule has 0 atom stereocenters. The SMILES string of the molecule is C=CCSC(=S)N1CC(C)(C)CSC1=Nc1cccc(N(CC)CC)c1. The van der Waals surface area contributed by atoms with Gasteiger partial charge in [-0.1, -0.05) is 61.7 Å². The maximum atomic E-state index is 5.68. The van der Waals surface area contributed by atoms with Gasteiger partial charge in [0.2, 0.25) is 0 Å². The summed E-state index contributed by atoms with van der Waals surface area (Å²) in [6.45, 7) is 15.6. The molecule has 0 N–H and O–H groups in total. The first-order valence-corrected chi connectivity index (χ1v) is 11.4. The highest BCUT2D eigenvalue weighted by Gasteiger charge is 2.32. The molecule has 0 radical (unpaired) electrons. The van der Waals surface area contributed by atoms with Crippen LogP contribution in [0.5, 0.6) is 0 Å². The van der Waals surface area contributed by atoms with Crippen LogP contribution in [0.15, 0.2) is 41.9 Å². The number of benzene rings is 1. The van der Waals surface area contributed by atoms with E-state index in [9.17, 15) is 0 Å². The molecule has 1 fully saturated rings. The molecule has 1 aromatic carbocycles. The smallest absolute Gasteiger partial charge is 0.169 e. The van der Waals surface area contributed by atoms with E-state index in [0.29, 0.717) is 0 Å². The molecule has 0 unspecified atom stereocenters. The third-order valence-corrected chi connectivity index (χ3v) is 7.08. The fraction of sp³-hybridized carbons (Fsp3) is 0.500. The molecular weight excluding hydrogens is 378 g/mol. The minimum atomic E-state index is 0.214. The normalized spacial score (nSPS) is 18.0. The Kier molecular flexibility index (Phi) is 8.05. The maximum absolute atomic E-state index is 5.68. The summed E-state index contributed by atoms with van der Waals surface area (Å²) in [6, 6.07) is 8.46. The summed E-state index contributed by atoms with van der Waals surface area (Å²) >= 11 is 9.13. The van der Waals surface area contributed by atoms with Crippen LogP contribution in [-0.4, -0.2) is 45.5 Å². The predicted molar refractivity (Wildman–Crippen MR) is 125 cm³/mol. The van der Waals surface area contributed by atoms with Gasteiger partial charge in [-0.25, -0.2) is 4.99 Å². The lowest BCUT2D eigenvalue weighted by Gasteiger charge is -2.39. The van der Waals surface area contributed by atoms with Crippen molar-refractivity contribution in [3.63, 3.8) is 0 Å². The van der Waals surface area contributed by atoms with Crippen molar-refractivity contribution >= 4 is 56.6 Å². The van der Waals surface area contributed by atoms with Gasteiger partial charge in [-0.2, -0.15) is 0 Å². The summed E-state index contributed by atoms with van der Waals surface area (Å²) in [5.41, 5.74) is 2.41. The molecule has 0 saturated carbocycles. The second-order valence-electron chi connectivity index (χ2n) is 6.99. The Morgan fingerprint density at radius 1 is 1.42 bits per heavy atom. The van der Waals surface area contributed by atoms with E-state index in [1.807, 2.05) is 6.08 Å². The van der Waals surface area contributed by atoms with Gasteiger partial charge in [0.05, 0.1) is 5.69 Å². The van der Waals surface area contributed by atoms with Crippen molar-refractivity contribution in [1.82, 2.24) is 4.90 Å². The molecule has 0 aliphatic carbocycles. The van der Waals surface area contributed by atoms with E-state index in [1.165, 1.54) is 5.69 Å². The molecule has 2 rings (SSSR count). The number of nitrogens with zero attached hydrogens (tertiary/aromatic N) is 3. The van der Waals surface area contributed by atoms with Crippen molar-refractivity contribution in [2.45, 2.75) is 27.7 Å². The van der Waals surface area contributed by atoms with Crippen LogP contribution in [0.2, 0.25) is 0 Å². The van der Waals surface area contributed by atoms with Crippen LogP contribution in [0, 0.1) is 5.41 Å². The van der Waals surface area contributed by atoms with Crippen molar-refractivity contribution in [3.05, 3.63) is 36.9 Å². The minimum Gasteiger partial charge on any atom is -0.372 e. The Morgan fingerprint density at radius 2 is 2.15 bits per heavy atom. The van der Waals surface area contributed by atoms with E-state index in [4.69, 9.17) is 17.2 Å². The van der Waals surface area contributed by atoms with Crippen molar-refractivity contribution in [1.29, 1.82) is 0 Å². The Hall–Kier alpha value is -0.980. The number of rotatable bonds is 6. The summed E-state index contributed by atoms with van der Waals surface area (Å²) in [5.74, 6) is 1.87. The Bertz CT molecular complexity index is 666. The molecule has 0 spiro atoms. The molecular formula is C20H29N3S3. The van der Waals surface area contributed by atoms with Crippen LogP contribution in [0.25, 0.3) is 0 Å². The number of anilines is 1. The highest BCUT2D eigenvalue weighted by Crippen LogP contribution is 2.34. The van der Waals surface area contributed by atoms with Crippen LogP contribution >= 0.6 is 35.7 Å². The number of hydrogen-bond donors (Lipinski definition) is 0. The first kappa shape index (κ1) is 21.3. The zero-order valence-corrected chi connectivity index (χ0v) is 18.6. The number of thiocarbonyl (C=S) groups is 1. The summed E-state index contributed by atoms with van der Waals surface area (Å²) in [4.78, 5) is 9.49. The third kappa shape index (κ3) is 5.76. The van der Waals surface area contributed by atoms with E-state index in [1.54, 1.807) is 23.5 Å². The Balaban J connectivity index is 2.29. The lowest BCUT2D eigenvalue weighted by Crippen LogP contribution is -2.45. The molecule has 1 saturated heterocycles. The monoisotopic (exact) mass is 407 g/mol. The average molecular weight is 408 g/mol. The van der Waals surface area contributed by atoms with Crippen LogP contribution in [0.3, 0.4) is 0 Å². The van der Waals surface area contributed by atoms with Gasteiger partial charge in [-0.15, -0.1) is 6.58 Å². The van der Waals surface area contributed by atoms with Gasteiger partial charge in [0.25, 0.3) is 0 Å². The lowest BCUT2D eigenvalue weighted by molar-refractivity contribution is 0.348.